The van der Waals surface area contributed by atoms with Gasteiger partial charge in [0.1, 0.15) is 0 Å². The highest BCUT2D eigenvalue weighted by Crippen LogP contribution is 2.67. The molecule has 4 atom stereocenters. The molecule has 1 heterocycles. The number of methoxy groups -OCH3 is 1. The first-order valence-electron chi connectivity index (χ1n) is 12.5. The van der Waals surface area contributed by atoms with Gasteiger partial charge in [0.25, 0.3) is 0 Å². The largest absolute Gasteiger partial charge is 0.386 e. The molecule has 0 spiro atoms. The second-order valence-electron chi connectivity index (χ2n) is 11.4. The number of allylic oxidation sites excluding steroid dienone is 2. The standard InChI is InChI=1S/C31H31NO2/c1-16-9-11-19-21-14-22-26-20(28-27(17(21)2)31(28,33)15-34-5)12-10-18-7-6-8-23(25(18)26)30(3,4)29(22)32-24(19)13-16/h6-13,17,27-28,33H,14-15H2,1-5H3. The quantitative estimate of drug-likeness (QED) is 0.613. The molecule has 0 saturated heterocycles. The van der Waals surface area contributed by atoms with Crippen molar-refractivity contribution in [3.63, 3.8) is 0 Å². The maximum Gasteiger partial charge on any atom is 0.0992 e. The van der Waals surface area contributed by atoms with Gasteiger partial charge < -0.3 is 9.84 Å². The van der Waals surface area contributed by atoms with Crippen LogP contribution in [0.5, 0.6) is 0 Å². The molecule has 3 nitrogen and oxygen atoms in total. The van der Waals surface area contributed by atoms with Crippen molar-refractivity contribution in [2.75, 3.05) is 13.7 Å². The Hall–Kier alpha value is -2.75. The van der Waals surface area contributed by atoms with Gasteiger partial charge in [-0.15, -0.1) is 0 Å². The zero-order valence-electron chi connectivity index (χ0n) is 20.6. The monoisotopic (exact) mass is 449 g/mol. The number of hydrogen-bond acceptors (Lipinski definition) is 3. The van der Waals surface area contributed by atoms with Crippen LogP contribution in [0.2, 0.25) is 0 Å². The van der Waals surface area contributed by atoms with Crippen molar-refractivity contribution in [3.8, 4) is 0 Å². The van der Waals surface area contributed by atoms with Crippen molar-refractivity contribution >= 4 is 21.9 Å². The molecule has 0 aromatic heterocycles. The molecule has 3 heteroatoms. The number of hydrogen-bond donors (Lipinski definition) is 1. The van der Waals surface area contributed by atoms with Gasteiger partial charge in [-0.1, -0.05) is 68.8 Å². The van der Waals surface area contributed by atoms with Crippen LogP contribution < -0.4 is 10.6 Å². The summed E-state index contributed by atoms with van der Waals surface area (Å²) in [5.41, 5.74) is 8.05. The minimum atomic E-state index is -0.845. The summed E-state index contributed by atoms with van der Waals surface area (Å²) in [6, 6.07) is 17.9. The molecule has 172 valence electrons. The fourth-order valence-corrected chi connectivity index (χ4v) is 7.59. The number of fused-ring (bicyclic) bond motifs is 4. The average Bonchev–Trinajstić information content (AvgIpc) is 3.44. The van der Waals surface area contributed by atoms with Crippen LogP contribution in [0.25, 0.3) is 21.9 Å². The van der Waals surface area contributed by atoms with E-state index in [1.807, 2.05) is 0 Å². The van der Waals surface area contributed by atoms with Crippen molar-refractivity contribution in [1.82, 2.24) is 0 Å². The van der Waals surface area contributed by atoms with E-state index in [2.05, 4.69) is 76.2 Å². The predicted octanol–water partition coefficient (Wildman–Crippen LogP) is 4.77. The van der Waals surface area contributed by atoms with E-state index >= 15 is 0 Å². The Morgan fingerprint density at radius 2 is 1.94 bits per heavy atom. The highest BCUT2D eigenvalue weighted by molar-refractivity contribution is 6.03. The lowest BCUT2D eigenvalue weighted by Crippen LogP contribution is -2.31. The molecule has 1 N–H and O–H groups in total. The number of aryl methyl sites for hydroxylation is 1. The number of rotatable bonds is 2. The molecular weight excluding hydrogens is 418 g/mol. The number of ether oxygens (including phenoxy) is 1. The second kappa shape index (κ2) is 6.47. The molecule has 2 bridgehead atoms. The molecular formula is C31H31NO2. The summed E-state index contributed by atoms with van der Waals surface area (Å²) in [5.74, 6) is 0.433. The highest BCUT2D eigenvalue weighted by atomic mass is 16.5. The molecule has 4 aliphatic rings. The number of aliphatic hydroxyl groups is 1. The lowest BCUT2D eigenvalue weighted by atomic mass is 9.68. The summed E-state index contributed by atoms with van der Waals surface area (Å²) in [6.07, 6.45) is 0.881. The predicted molar refractivity (Wildman–Crippen MR) is 136 cm³/mol. The van der Waals surface area contributed by atoms with E-state index in [4.69, 9.17) is 9.73 Å². The number of nitrogens with zero attached hydrogens (tertiary/aromatic N) is 1. The Bertz CT molecular complexity index is 1580. The van der Waals surface area contributed by atoms with Gasteiger partial charge >= 0.3 is 0 Å². The summed E-state index contributed by atoms with van der Waals surface area (Å²) in [6.45, 7) is 9.47. The zero-order valence-corrected chi connectivity index (χ0v) is 20.6. The molecule has 1 saturated carbocycles. The van der Waals surface area contributed by atoms with Crippen LogP contribution in [-0.2, 0) is 10.2 Å². The topological polar surface area (TPSA) is 41.8 Å². The SMILES string of the molecule is COCC1(O)C2c3ccc4cccc5c4c3C3=C(N=c4cc(C)ccc4=C(C3)C(C)C21)C5(C)C. The Morgan fingerprint density at radius 3 is 2.74 bits per heavy atom. The van der Waals surface area contributed by atoms with E-state index < -0.39 is 5.60 Å². The third-order valence-corrected chi connectivity index (χ3v) is 9.19. The Morgan fingerprint density at radius 1 is 1.12 bits per heavy atom. The molecule has 4 unspecified atom stereocenters. The van der Waals surface area contributed by atoms with Crippen molar-refractivity contribution in [1.29, 1.82) is 0 Å². The molecule has 1 fully saturated rings. The maximum atomic E-state index is 11.9. The van der Waals surface area contributed by atoms with E-state index in [9.17, 15) is 5.11 Å². The van der Waals surface area contributed by atoms with Gasteiger partial charge in [-0.2, -0.15) is 0 Å². The summed E-state index contributed by atoms with van der Waals surface area (Å²) >= 11 is 0. The first kappa shape index (κ1) is 20.6. The smallest absolute Gasteiger partial charge is 0.0992 e. The van der Waals surface area contributed by atoms with Crippen LogP contribution in [0.15, 0.2) is 59.2 Å². The van der Waals surface area contributed by atoms with Crippen LogP contribution in [-0.4, -0.2) is 24.4 Å². The van der Waals surface area contributed by atoms with Crippen LogP contribution in [0, 0.1) is 18.8 Å². The lowest BCUT2D eigenvalue weighted by Gasteiger charge is -2.37. The lowest BCUT2D eigenvalue weighted by molar-refractivity contribution is 0.0274. The summed E-state index contributed by atoms with van der Waals surface area (Å²) in [5, 5.41) is 16.9. The van der Waals surface area contributed by atoms with Gasteiger partial charge in [0, 0.05) is 24.4 Å². The van der Waals surface area contributed by atoms with Gasteiger partial charge in [-0.25, -0.2) is 0 Å². The zero-order chi connectivity index (χ0) is 23.6. The number of benzene rings is 3. The van der Waals surface area contributed by atoms with Crippen molar-refractivity contribution < 1.29 is 9.84 Å². The fraction of sp³-hybridized carbons (Fsp3) is 0.387. The van der Waals surface area contributed by atoms with Crippen molar-refractivity contribution in [3.05, 3.63) is 87.1 Å². The van der Waals surface area contributed by atoms with Gasteiger partial charge in [0.2, 0.25) is 0 Å². The molecule has 1 aliphatic heterocycles. The normalized spacial score (nSPS) is 29.7. The fourth-order valence-electron chi connectivity index (χ4n) is 7.59. The first-order valence-corrected chi connectivity index (χ1v) is 12.5. The van der Waals surface area contributed by atoms with Crippen LogP contribution in [0.3, 0.4) is 0 Å². The molecule has 34 heavy (non-hydrogen) atoms. The molecule has 0 radical (unpaired) electrons. The Balaban J connectivity index is 1.69. The van der Waals surface area contributed by atoms with Crippen molar-refractivity contribution in [2.45, 2.75) is 51.0 Å². The maximum absolute atomic E-state index is 11.9. The van der Waals surface area contributed by atoms with Gasteiger partial charge in [-0.05, 0) is 69.1 Å². The van der Waals surface area contributed by atoms with E-state index in [1.54, 1.807) is 7.11 Å². The average molecular weight is 450 g/mol. The highest BCUT2D eigenvalue weighted by Gasteiger charge is 2.68. The van der Waals surface area contributed by atoms with Crippen LogP contribution >= 0.6 is 0 Å². The molecule has 0 amide bonds. The van der Waals surface area contributed by atoms with Crippen LogP contribution in [0.4, 0.5) is 0 Å². The van der Waals surface area contributed by atoms with E-state index in [1.165, 1.54) is 55.1 Å². The Kier molecular flexibility index (Phi) is 3.92. The summed E-state index contributed by atoms with van der Waals surface area (Å²) < 4.78 is 5.59. The third kappa shape index (κ3) is 2.37. The van der Waals surface area contributed by atoms with E-state index in [0.29, 0.717) is 6.61 Å². The van der Waals surface area contributed by atoms with Crippen molar-refractivity contribution in [2.24, 2.45) is 16.8 Å². The molecule has 3 aromatic carbocycles. The summed E-state index contributed by atoms with van der Waals surface area (Å²) in [4.78, 5) is 5.45. The van der Waals surface area contributed by atoms with E-state index in [0.717, 1.165) is 11.8 Å². The molecule has 7 rings (SSSR count). The van der Waals surface area contributed by atoms with E-state index in [-0.39, 0.29) is 23.2 Å². The Labute approximate surface area is 200 Å². The molecule has 3 aromatic rings. The third-order valence-electron chi connectivity index (χ3n) is 9.19. The van der Waals surface area contributed by atoms with Crippen LogP contribution in [0.1, 0.15) is 55.4 Å². The van der Waals surface area contributed by atoms with Gasteiger partial charge in [0.05, 0.1) is 23.3 Å². The first-order chi connectivity index (χ1) is 16.3. The molecule has 3 aliphatic carbocycles. The minimum absolute atomic E-state index is 0.0645. The second-order valence-corrected chi connectivity index (χ2v) is 11.4. The summed E-state index contributed by atoms with van der Waals surface area (Å²) in [7, 11) is 1.70. The minimum Gasteiger partial charge on any atom is -0.386 e. The van der Waals surface area contributed by atoms with Gasteiger partial charge in [-0.3, -0.25) is 4.99 Å². The van der Waals surface area contributed by atoms with Gasteiger partial charge in [0.15, 0.2) is 0 Å².